The molecule has 1 aromatic heterocycles. The number of hydrogen-bond donors (Lipinski definition) is 0. The lowest BCUT2D eigenvalue weighted by atomic mass is 9.79. The first-order chi connectivity index (χ1) is 21.7. The van der Waals surface area contributed by atoms with E-state index in [2.05, 4.69) is 132 Å². The van der Waals surface area contributed by atoms with Crippen molar-refractivity contribution in [2.45, 2.75) is 38.5 Å². The highest BCUT2D eigenvalue weighted by molar-refractivity contribution is 6.12. The SMILES string of the molecule is C=C/C=C(\C=C)c1ccc2c(c1)c(=O)n(-c1ccc3c(c1)C(C)(C)c1ccccc1-3)c1ccc3c(c21)C(C)(C)c1ccccc1-3. The van der Waals surface area contributed by atoms with Crippen LogP contribution in [0.5, 0.6) is 0 Å². The third-order valence-corrected chi connectivity index (χ3v) is 10.3. The Hall–Kier alpha value is -5.21. The van der Waals surface area contributed by atoms with Crippen LogP contribution in [0.4, 0.5) is 0 Å². The van der Waals surface area contributed by atoms with E-state index in [1.807, 2.05) is 22.8 Å². The van der Waals surface area contributed by atoms with Crippen LogP contribution in [-0.4, -0.2) is 4.57 Å². The number of fused-ring (bicyclic) bond motifs is 10. The van der Waals surface area contributed by atoms with Crippen molar-refractivity contribution in [3.63, 3.8) is 0 Å². The summed E-state index contributed by atoms with van der Waals surface area (Å²) in [6.07, 6.45) is 5.52. The first-order valence-electron chi connectivity index (χ1n) is 15.6. The maximum atomic E-state index is 14.8. The fourth-order valence-corrected chi connectivity index (χ4v) is 8.17. The summed E-state index contributed by atoms with van der Waals surface area (Å²) in [7, 11) is 0. The van der Waals surface area contributed by atoms with Crippen LogP contribution in [0.15, 0.2) is 133 Å². The number of aromatic nitrogens is 1. The van der Waals surface area contributed by atoms with E-state index in [9.17, 15) is 4.79 Å². The molecule has 2 heteroatoms. The van der Waals surface area contributed by atoms with Gasteiger partial charge in [0.1, 0.15) is 0 Å². The predicted octanol–water partition coefficient (Wildman–Crippen LogP) is 10.5. The first kappa shape index (κ1) is 27.3. The molecule has 6 aromatic rings. The average molecular weight is 582 g/mol. The molecule has 0 atom stereocenters. The van der Waals surface area contributed by atoms with E-state index in [1.165, 1.54) is 44.5 Å². The Morgan fingerprint density at radius 1 is 0.667 bits per heavy atom. The molecule has 1 heterocycles. The number of pyridine rings is 1. The van der Waals surface area contributed by atoms with Crippen LogP contribution >= 0.6 is 0 Å². The van der Waals surface area contributed by atoms with E-state index in [4.69, 9.17) is 0 Å². The molecule has 45 heavy (non-hydrogen) atoms. The minimum atomic E-state index is -0.240. The van der Waals surface area contributed by atoms with Crippen molar-refractivity contribution >= 4 is 27.2 Å². The normalized spacial score (nSPS) is 15.4. The van der Waals surface area contributed by atoms with Gasteiger partial charge in [0.15, 0.2) is 0 Å². The molecule has 0 unspecified atom stereocenters. The third-order valence-electron chi connectivity index (χ3n) is 10.3. The highest BCUT2D eigenvalue weighted by Gasteiger charge is 2.38. The Morgan fingerprint density at radius 2 is 1.31 bits per heavy atom. The van der Waals surface area contributed by atoms with Gasteiger partial charge in [-0.15, -0.1) is 0 Å². The van der Waals surface area contributed by atoms with Crippen molar-refractivity contribution in [3.8, 4) is 27.9 Å². The van der Waals surface area contributed by atoms with Crippen LogP contribution in [0, 0.1) is 0 Å². The lowest BCUT2D eigenvalue weighted by molar-refractivity contribution is 0.659. The molecule has 0 fully saturated rings. The number of benzene rings is 5. The zero-order valence-electron chi connectivity index (χ0n) is 26.2. The van der Waals surface area contributed by atoms with E-state index in [-0.39, 0.29) is 16.4 Å². The Kier molecular flexibility index (Phi) is 5.71. The second kappa shape index (κ2) is 9.39. The maximum Gasteiger partial charge on any atom is 0.263 e. The van der Waals surface area contributed by atoms with E-state index < -0.39 is 0 Å². The molecule has 0 saturated heterocycles. The molecule has 5 aromatic carbocycles. The van der Waals surface area contributed by atoms with Gasteiger partial charge in [-0.05, 0) is 85.3 Å². The van der Waals surface area contributed by atoms with Crippen LogP contribution < -0.4 is 5.56 Å². The van der Waals surface area contributed by atoms with Crippen molar-refractivity contribution in [2.24, 2.45) is 0 Å². The molecule has 2 nitrogen and oxygen atoms in total. The largest absolute Gasteiger partial charge is 0.276 e. The van der Waals surface area contributed by atoms with Gasteiger partial charge in [0.2, 0.25) is 0 Å². The molecule has 0 spiro atoms. The highest BCUT2D eigenvalue weighted by Crippen LogP contribution is 2.53. The summed E-state index contributed by atoms with van der Waals surface area (Å²) in [5, 5.41) is 2.80. The van der Waals surface area contributed by atoms with Gasteiger partial charge in [-0.25, -0.2) is 0 Å². The Bertz CT molecular complexity index is 2380. The maximum absolute atomic E-state index is 14.8. The van der Waals surface area contributed by atoms with Gasteiger partial charge in [0, 0.05) is 27.3 Å². The summed E-state index contributed by atoms with van der Waals surface area (Å²) >= 11 is 0. The summed E-state index contributed by atoms with van der Waals surface area (Å²) < 4.78 is 1.95. The molecule has 0 aliphatic heterocycles. The van der Waals surface area contributed by atoms with Gasteiger partial charge >= 0.3 is 0 Å². The van der Waals surface area contributed by atoms with Crippen molar-refractivity contribution < 1.29 is 0 Å². The molecular weight excluding hydrogens is 546 g/mol. The molecule has 0 amide bonds. The minimum Gasteiger partial charge on any atom is -0.276 e. The van der Waals surface area contributed by atoms with Crippen molar-refractivity contribution in [1.82, 2.24) is 4.57 Å². The molecule has 0 radical (unpaired) electrons. The lowest BCUT2D eigenvalue weighted by Gasteiger charge is -2.26. The zero-order valence-corrected chi connectivity index (χ0v) is 26.2. The second-order valence-corrected chi connectivity index (χ2v) is 13.4. The van der Waals surface area contributed by atoms with E-state index >= 15 is 0 Å². The number of hydrogen-bond acceptors (Lipinski definition) is 1. The lowest BCUT2D eigenvalue weighted by Crippen LogP contribution is -2.22. The van der Waals surface area contributed by atoms with Gasteiger partial charge in [-0.1, -0.05) is 132 Å². The van der Waals surface area contributed by atoms with Gasteiger partial charge in [-0.3, -0.25) is 9.36 Å². The van der Waals surface area contributed by atoms with Crippen LogP contribution in [0.2, 0.25) is 0 Å². The van der Waals surface area contributed by atoms with Crippen LogP contribution in [0.3, 0.4) is 0 Å². The van der Waals surface area contributed by atoms with E-state index in [0.29, 0.717) is 5.39 Å². The Morgan fingerprint density at radius 3 is 2.02 bits per heavy atom. The fraction of sp³-hybridized carbons (Fsp3) is 0.140. The standard InChI is InChI=1S/C43H35NO/c1-7-13-26(8-2)27-18-20-32-34(24-27)41(45)44(28-19-21-31-29-14-9-11-16-35(29)42(3,4)37(31)25-28)38-23-22-33-30-15-10-12-17-36(30)43(5,6)40(33)39(32)38/h7-25H,1-2H2,3-6H3/b26-13+. The molecule has 2 aliphatic carbocycles. The highest BCUT2D eigenvalue weighted by atomic mass is 16.1. The average Bonchev–Trinajstić information content (AvgIpc) is 3.43. The summed E-state index contributed by atoms with van der Waals surface area (Å²) in [6, 6.07) is 34.6. The van der Waals surface area contributed by atoms with Crippen molar-refractivity contribution in [1.29, 1.82) is 0 Å². The second-order valence-electron chi connectivity index (χ2n) is 13.4. The molecule has 8 rings (SSSR count). The van der Waals surface area contributed by atoms with Crippen LogP contribution in [0.25, 0.3) is 55.2 Å². The summed E-state index contributed by atoms with van der Waals surface area (Å²) in [5.74, 6) is 0. The van der Waals surface area contributed by atoms with Crippen molar-refractivity contribution in [3.05, 3.63) is 167 Å². The summed E-state index contributed by atoms with van der Waals surface area (Å²) in [5.41, 5.74) is 13.4. The van der Waals surface area contributed by atoms with Gasteiger partial charge < -0.3 is 0 Å². The Labute approximate surface area is 264 Å². The number of rotatable bonds is 4. The molecule has 0 N–H and O–H groups in total. The van der Waals surface area contributed by atoms with E-state index in [0.717, 1.165) is 33.1 Å². The van der Waals surface area contributed by atoms with Gasteiger partial charge in [-0.2, -0.15) is 0 Å². The van der Waals surface area contributed by atoms with E-state index in [1.54, 1.807) is 6.08 Å². The molecule has 0 bridgehead atoms. The summed E-state index contributed by atoms with van der Waals surface area (Å²) in [4.78, 5) is 14.8. The predicted molar refractivity (Wildman–Crippen MR) is 191 cm³/mol. The number of allylic oxidation sites excluding steroid dienone is 4. The first-order valence-corrected chi connectivity index (χ1v) is 15.6. The topological polar surface area (TPSA) is 22.0 Å². The monoisotopic (exact) mass is 581 g/mol. The third kappa shape index (κ3) is 3.60. The molecule has 0 saturated carbocycles. The molecular formula is C43H35NO. The van der Waals surface area contributed by atoms with Crippen molar-refractivity contribution in [2.75, 3.05) is 0 Å². The molecule has 218 valence electrons. The smallest absolute Gasteiger partial charge is 0.263 e. The molecule has 2 aliphatic rings. The van der Waals surface area contributed by atoms with Gasteiger partial charge in [0.25, 0.3) is 5.56 Å². The van der Waals surface area contributed by atoms with Crippen LogP contribution in [0.1, 0.15) is 55.5 Å². The van der Waals surface area contributed by atoms with Gasteiger partial charge in [0.05, 0.1) is 5.52 Å². The fourth-order valence-electron chi connectivity index (χ4n) is 8.17. The quantitative estimate of drug-likeness (QED) is 0.150. The number of nitrogens with zero attached hydrogens (tertiary/aromatic N) is 1. The Balaban J connectivity index is 1.50. The zero-order chi connectivity index (χ0) is 31.2. The van der Waals surface area contributed by atoms with Crippen LogP contribution in [-0.2, 0) is 10.8 Å². The summed E-state index contributed by atoms with van der Waals surface area (Å²) in [6.45, 7) is 17.1. The minimum absolute atomic E-state index is 0.0251.